The molecule has 1 heterocycles. The molecule has 21 heavy (non-hydrogen) atoms. The van der Waals surface area contributed by atoms with Crippen LogP contribution < -0.4 is 5.32 Å². The van der Waals surface area contributed by atoms with Crippen molar-refractivity contribution in [2.45, 2.75) is 44.3 Å². The Bertz CT molecular complexity index is 511. The zero-order valence-corrected chi connectivity index (χ0v) is 13.8. The first-order valence-corrected chi connectivity index (χ1v) is 9.37. The minimum absolute atomic E-state index is 0.0551. The van der Waals surface area contributed by atoms with Gasteiger partial charge < -0.3 is 10.2 Å². The molecule has 1 unspecified atom stereocenters. The summed E-state index contributed by atoms with van der Waals surface area (Å²) in [5.74, 6) is 0.561. The molecule has 0 bridgehead atoms. The molecule has 1 atom stereocenters. The standard InChI is InChI=1S/C15H26N2O3S/c1-15(2)8-9-17(10-11-21(15,19)20)14(18)16-12-13-6-4-3-5-7-13/h3-4,13H,5-12H2,1-2H3,(H,16,18). The van der Waals surface area contributed by atoms with Crippen LogP contribution in [0.3, 0.4) is 0 Å². The van der Waals surface area contributed by atoms with Crippen LogP contribution in [0.5, 0.6) is 0 Å². The van der Waals surface area contributed by atoms with E-state index in [0.29, 0.717) is 32.0 Å². The second-order valence-corrected chi connectivity index (χ2v) is 9.40. The van der Waals surface area contributed by atoms with Gasteiger partial charge in [-0.15, -0.1) is 0 Å². The van der Waals surface area contributed by atoms with Crippen molar-refractivity contribution < 1.29 is 13.2 Å². The van der Waals surface area contributed by atoms with E-state index in [4.69, 9.17) is 0 Å². The molecule has 1 N–H and O–H groups in total. The number of urea groups is 1. The lowest BCUT2D eigenvalue weighted by molar-refractivity contribution is 0.198. The molecular weight excluding hydrogens is 288 g/mol. The molecule has 1 fully saturated rings. The van der Waals surface area contributed by atoms with Gasteiger partial charge in [-0.1, -0.05) is 12.2 Å². The van der Waals surface area contributed by atoms with E-state index in [1.807, 2.05) is 0 Å². The van der Waals surface area contributed by atoms with Gasteiger partial charge in [-0.05, 0) is 45.4 Å². The van der Waals surface area contributed by atoms with E-state index in [0.717, 1.165) is 19.3 Å². The number of nitrogens with one attached hydrogen (secondary N) is 1. The van der Waals surface area contributed by atoms with Gasteiger partial charge in [0.2, 0.25) is 0 Å². The molecule has 120 valence electrons. The van der Waals surface area contributed by atoms with E-state index in [1.54, 1.807) is 18.7 Å². The summed E-state index contributed by atoms with van der Waals surface area (Å²) in [6.07, 6.45) is 8.05. The van der Waals surface area contributed by atoms with Crippen LogP contribution in [0, 0.1) is 5.92 Å². The Morgan fingerprint density at radius 3 is 2.76 bits per heavy atom. The number of carbonyl (C=O) groups is 1. The number of sulfone groups is 1. The average Bonchev–Trinajstić information content (AvgIpc) is 2.55. The van der Waals surface area contributed by atoms with Gasteiger partial charge in [0.05, 0.1) is 10.5 Å². The predicted molar refractivity (Wildman–Crippen MR) is 83.9 cm³/mol. The minimum Gasteiger partial charge on any atom is -0.338 e. The molecule has 1 aliphatic carbocycles. The maximum atomic E-state index is 12.2. The Kier molecular flexibility index (Phi) is 4.96. The smallest absolute Gasteiger partial charge is 0.317 e. The summed E-state index contributed by atoms with van der Waals surface area (Å²) in [7, 11) is -3.13. The fraction of sp³-hybridized carbons (Fsp3) is 0.800. The first-order valence-electron chi connectivity index (χ1n) is 7.72. The fourth-order valence-corrected chi connectivity index (χ4v) is 4.18. The molecule has 0 aromatic heterocycles. The molecule has 0 aromatic rings. The van der Waals surface area contributed by atoms with Gasteiger partial charge in [0.25, 0.3) is 0 Å². The van der Waals surface area contributed by atoms with Crippen LogP contribution >= 0.6 is 0 Å². The lowest BCUT2D eigenvalue weighted by Crippen LogP contribution is -2.43. The molecule has 5 nitrogen and oxygen atoms in total. The SMILES string of the molecule is CC1(C)CCN(C(=O)NCC2CC=CCC2)CCS1(=O)=O. The molecule has 0 radical (unpaired) electrons. The number of rotatable bonds is 2. The molecule has 0 spiro atoms. The Labute approximate surface area is 127 Å². The summed E-state index contributed by atoms with van der Waals surface area (Å²) in [6, 6.07) is -0.127. The third-order valence-corrected chi connectivity index (χ3v) is 7.27. The van der Waals surface area contributed by atoms with Crippen molar-refractivity contribution in [1.82, 2.24) is 10.2 Å². The molecule has 2 amide bonds. The Morgan fingerprint density at radius 2 is 2.10 bits per heavy atom. The van der Waals surface area contributed by atoms with Gasteiger partial charge in [0, 0.05) is 19.6 Å². The number of amides is 2. The van der Waals surface area contributed by atoms with Gasteiger partial charge in [-0.25, -0.2) is 13.2 Å². The topological polar surface area (TPSA) is 66.5 Å². The van der Waals surface area contributed by atoms with Crippen LogP contribution in [0.2, 0.25) is 0 Å². The number of nitrogens with zero attached hydrogens (tertiary/aromatic N) is 1. The molecule has 0 saturated carbocycles. The van der Waals surface area contributed by atoms with Gasteiger partial charge >= 0.3 is 6.03 Å². The summed E-state index contributed by atoms with van der Waals surface area (Å²) < 4.78 is 23.5. The van der Waals surface area contributed by atoms with E-state index in [-0.39, 0.29) is 11.8 Å². The highest BCUT2D eigenvalue weighted by Crippen LogP contribution is 2.25. The first-order chi connectivity index (χ1) is 9.82. The molecule has 1 aliphatic heterocycles. The van der Waals surface area contributed by atoms with E-state index in [9.17, 15) is 13.2 Å². The van der Waals surface area contributed by atoms with Crippen molar-refractivity contribution >= 4 is 15.9 Å². The maximum Gasteiger partial charge on any atom is 0.317 e. The largest absolute Gasteiger partial charge is 0.338 e. The first kappa shape index (κ1) is 16.3. The van der Waals surface area contributed by atoms with Gasteiger partial charge in [0.15, 0.2) is 9.84 Å². The van der Waals surface area contributed by atoms with Crippen LogP contribution in [-0.2, 0) is 9.84 Å². The van der Waals surface area contributed by atoms with E-state index in [1.165, 1.54) is 0 Å². The predicted octanol–water partition coefficient (Wildman–Crippen LogP) is 1.95. The number of carbonyl (C=O) groups excluding carboxylic acids is 1. The summed E-state index contributed by atoms with van der Waals surface area (Å²) in [6.45, 7) is 4.97. The number of allylic oxidation sites excluding steroid dienone is 2. The lowest BCUT2D eigenvalue weighted by Gasteiger charge is -2.24. The zero-order valence-electron chi connectivity index (χ0n) is 13.0. The summed E-state index contributed by atoms with van der Waals surface area (Å²) in [5, 5.41) is 2.96. The Morgan fingerprint density at radius 1 is 1.33 bits per heavy atom. The molecular formula is C15H26N2O3S. The third-order valence-electron chi connectivity index (χ3n) is 4.66. The number of hydrogen-bond acceptors (Lipinski definition) is 3. The highest BCUT2D eigenvalue weighted by molar-refractivity contribution is 7.92. The second-order valence-electron chi connectivity index (χ2n) is 6.65. The van der Waals surface area contributed by atoms with Crippen molar-refractivity contribution in [2.75, 3.05) is 25.4 Å². The Hall–Kier alpha value is -1.04. The van der Waals surface area contributed by atoms with Gasteiger partial charge in [0.1, 0.15) is 0 Å². The van der Waals surface area contributed by atoms with Crippen molar-refractivity contribution in [1.29, 1.82) is 0 Å². The molecule has 2 aliphatic rings. The van der Waals surface area contributed by atoms with Crippen molar-refractivity contribution in [3.8, 4) is 0 Å². The summed E-state index contributed by atoms with van der Waals surface area (Å²) in [5.41, 5.74) is 0. The van der Waals surface area contributed by atoms with Crippen molar-refractivity contribution in [2.24, 2.45) is 5.92 Å². The van der Waals surface area contributed by atoms with E-state index in [2.05, 4.69) is 17.5 Å². The van der Waals surface area contributed by atoms with Crippen molar-refractivity contribution in [3.63, 3.8) is 0 Å². The third kappa shape index (κ3) is 3.99. The fourth-order valence-electron chi connectivity index (χ4n) is 2.77. The van der Waals surface area contributed by atoms with Crippen LogP contribution in [0.15, 0.2) is 12.2 Å². The second kappa shape index (κ2) is 6.38. The van der Waals surface area contributed by atoms with Gasteiger partial charge in [-0.2, -0.15) is 0 Å². The minimum atomic E-state index is -3.13. The zero-order chi connectivity index (χ0) is 15.5. The quantitative estimate of drug-likeness (QED) is 0.792. The Balaban J connectivity index is 1.87. The normalized spacial score (nSPS) is 27.9. The summed E-state index contributed by atoms with van der Waals surface area (Å²) in [4.78, 5) is 13.9. The molecule has 1 saturated heterocycles. The van der Waals surface area contributed by atoms with Crippen LogP contribution in [0.1, 0.15) is 39.5 Å². The highest BCUT2D eigenvalue weighted by atomic mass is 32.2. The maximum absolute atomic E-state index is 12.2. The number of hydrogen-bond donors (Lipinski definition) is 1. The van der Waals surface area contributed by atoms with Crippen LogP contribution in [0.4, 0.5) is 4.79 Å². The van der Waals surface area contributed by atoms with Crippen molar-refractivity contribution in [3.05, 3.63) is 12.2 Å². The molecule has 0 aromatic carbocycles. The molecule has 2 rings (SSSR count). The average molecular weight is 314 g/mol. The van der Waals surface area contributed by atoms with Gasteiger partial charge in [-0.3, -0.25) is 0 Å². The highest BCUT2D eigenvalue weighted by Gasteiger charge is 2.37. The monoisotopic (exact) mass is 314 g/mol. The lowest BCUT2D eigenvalue weighted by atomic mass is 9.94. The van der Waals surface area contributed by atoms with E-state index < -0.39 is 14.6 Å². The van der Waals surface area contributed by atoms with E-state index >= 15 is 0 Å². The summed E-state index contributed by atoms with van der Waals surface area (Å²) >= 11 is 0. The van der Waals surface area contributed by atoms with Crippen LogP contribution in [0.25, 0.3) is 0 Å². The molecule has 6 heteroatoms. The van der Waals surface area contributed by atoms with Crippen LogP contribution in [-0.4, -0.2) is 49.5 Å².